The lowest BCUT2D eigenvalue weighted by molar-refractivity contribution is -0.115. The third kappa shape index (κ3) is 3.76. The number of thiocarbonyl (C=S) groups is 1. The lowest BCUT2D eigenvalue weighted by atomic mass is 10.2. The van der Waals surface area contributed by atoms with E-state index in [0.29, 0.717) is 22.7 Å². The Morgan fingerprint density at radius 3 is 2.79 bits per heavy atom. The van der Waals surface area contributed by atoms with Crippen molar-refractivity contribution in [2.75, 3.05) is 5.32 Å². The summed E-state index contributed by atoms with van der Waals surface area (Å²) >= 11 is 12.5. The molecule has 0 saturated carbocycles. The van der Waals surface area contributed by atoms with Gasteiger partial charge in [-0.3, -0.25) is 4.79 Å². The molecule has 0 saturated heterocycles. The van der Waals surface area contributed by atoms with Gasteiger partial charge in [-0.15, -0.1) is 0 Å². The van der Waals surface area contributed by atoms with E-state index in [1.165, 1.54) is 0 Å². The van der Waals surface area contributed by atoms with Crippen LogP contribution in [0.1, 0.15) is 11.1 Å². The molecule has 0 unspecified atom stereocenters. The standard InChI is InChI=1S/C13H11ClN2OS2/c14-10-6-9(13(15)18)1-2-11(10)16-12(17)5-8-3-4-19-7-8/h1-4,6-7H,5H2,(H2,15,18)(H,16,17). The summed E-state index contributed by atoms with van der Waals surface area (Å²) in [6.45, 7) is 0. The van der Waals surface area contributed by atoms with Gasteiger partial charge in [0.1, 0.15) is 4.99 Å². The summed E-state index contributed by atoms with van der Waals surface area (Å²) in [5.41, 5.74) is 7.73. The second kappa shape index (κ2) is 6.14. The molecule has 3 N–H and O–H groups in total. The lowest BCUT2D eigenvalue weighted by Gasteiger charge is -2.08. The van der Waals surface area contributed by atoms with Crippen LogP contribution in [0.25, 0.3) is 0 Å². The molecule has 0 bridgehead atoms. The van der Waals surface area contributed by atoms with Crippen LogP contribution in [0.3, 0.4) is 0 Å². The van der Waals surface area contributed by atoms with E-state index < -0.39 is 0 Å². The number of carbonyl (C=O) groups is 1. The molecule has 1 heterocycles. The van der Waals surface area contributed by atoms with Crippen molar-refractivity contribution in [3.8, 4) is 0 Å². The van der Waals surface area contributed by atoms with Crippen LogP contribution >= 0.6 is 35.2 Å². The predicted molar refractivity (Wildman–Crippen MR) is 84.0 cm³/mol. The second-order valence-electron chi connectivity index (χ2n) is 3.92. The Balaban J connectivity index is 2.07. The molecule has 0 spiro atoms. The zero-order valence-electron chi connectivity index (χ0n) is 9.85. The summed E-state index contributed by atoms with van der Waals surface area (Å²) in [5.74, 6) is -0.108. The Labute approximate surface area is 125 Å². The van der Waals surface area contributed by atoms with E-state index in [-0.39, 0.29) is 10.9 Å². The fourth-order valence-corrected chi connectivity index (χ4v) is 2.57. The molecule has 2 aromatic rings. The molecular formula is C13H11ClN2OS2. The number of nitrogens with two attached hydrogens (primary N) is 1. The van der Waals surface area contributed by atoms with Crippen LogP contribution in [0.2, 0.25) is 5.02 Å². The minimum absolute atomic E-state index is 0.108. The maximum absolute atomic E-state index is 11.8. The van der Waals surface area contributed by atoms with Gasteiger partial charge in [0, 0.05) is 5.56 Å². The normalized spacial score (nSPS) is 10.2. The Kier molecular flexibility index (Phi) is 4.52. The molecule has 98 valence electrons. The number of rotatable bonds is 4. The number of hydrogen-bond donors (Lipinski definition) is 2. The molecule has 1 aromatic carbocycles. The summed E-state index contributed by atoms with van der Waals surface area (Å²) < 4.78 is 0. The summed E-state index contributed by atoms with van der Waals surface area (Å²) in [6.07, 6.45) is 0.330. The molecule has 0 aliphatic rings. The molecule has 1 aromatic heterocycles. The molecule has 0 aliphatic heterocycles. The van der Waals surface area contributed by atoms with Crippen molar-refractivity contribution >= 4 is 51.7 Å². The second-order valence-corrected chi connectivity index (χ2v) is 5.54. The van der Waals surface area contributed by atoms with E-state index in [0.717, 1.165) is 5.56 Å². The number of halogens is 1. The fraction of sp³-hybridized carbons (Fsp3) is 0.0769. The number of hydrogen-bond acceptors (Lipinski definition) is 3. The quantitative estimate of drug-likeness (QED) is 0.853. The topological polar surface area (TPSA) is 55.1 Å². The van der Waals surface area contributed by atoms with Crippen LogP contribution in [-0.2, 0) is 11.2 Å². The molecule has 1 amide bonds. The molecular weight excluding hydrogens is 300 g/mol. The Bertz CT molecular complexity index is 611. The third-order valence-corrected chi connectivity index (χ3v) is 3.75. The van der Waals surface area contributed by atoms with Gasteiger partial charge in [0.05, 0.1) is 17.1 Å². The van der Waals surface area contributed by atoms with Gasteiger partial charge in [-0.05, 0) is 40.6 Å². The number of carbonyl (C=O) groups excluding carboxylic acids is 1. The summed E-state index contributed by atoms with van der Waals surface area (Å²) in [7, 11) is 0. The highest BCUT2D eigenvalue weighted by atomic mass is 35.5. The van der Waals surface area contributed by atoms with Gasteiger partial charge in [-0.1, -0.05) is 23.8 Å². The molecule has 6 heteroatoms. The van der Waals surface area contributed by atoms with Crippen LogP contribution in [0.15, 0.2) is 35.0 Å². The first-order valence-corrected chi connectivity index (χ1v) is 7.19. The maximum Gasteiger partial charge on any atom is 0.228 e. The maximum atomic E-state index is 11.8. The van der Waals surface area contributed by atoms with Gasteiger partial charge < -0.3 is 11.1 Å². The van der Waals surface area contributed by atoms with E-state index in [1.54, 1.807) is 29.5 Å². The largest absolute Gasteiger partial charge is 0.389 e. The van der Waals surface area contributed by atoms with Crippen LogP contribution in [0.5, 0.6) is 0 Å². The van der Waals surface area contributed by atoms with Crippen molar-refractivity contribution < 1.29 is 4.79 Å². The minimum atomic E-state index is -0.108. The summed E-state index contributed by atoms with van der Waals surface area (Å²) in [4.78, 5) is 12.1. The van der Waals surface area contributed by atoms with Crippen LogP contribution in [0.4, 0.5) is 5.69 Å². The Morgan fingerprint density at radius 2 is 2.21 bits per heavy atom. The predicted octanol–water partition coefficient (Wildman–Crippen LogP) is 3.22. The summed E-state index contributed by atoms with van der Waals surface area (Å²) in [5, 5.41) is 7.06. The molecule has 19 heavy (non-hydrogen) atoms. The number of benzene rings is 1. The number of thiophene rings is 1. The van der Waals surface area contributed by atoms with E-state index in [9.17, 15) is 4.79 Å². The zero-order valence-corrected chi connectivity index (χ0v) is 12.2. The average Bonchev–Trinajstić information content (AvgIpc) is 2.84. The smallest absolute Gasteiger partial charge is 0.228 e. The highest BCUT2D eigenvalue weighted by Gasteiger charge is 2.08. The molecule has 2 rings (SSSR count). The Morgan fingerprint density at radius 1 is 1.42 bits per heavy atom. The molecule has 3 nitrogen and oxygen atoms in total. The van der Waals surface area contributed by atoms with Crippen molar-refractivity contribution in [1.82, 2.24) is 0 Å². The van der Waals surface area contributed by atoms with Gasteiger partial charge in [-0.25, -0.2) is 0 Å². The Hall–Kier alpha value is -1.43. The van der Waals surface area contributed by atoms with Gasteiger partial charge in [0.2, 0.25) is 5.91 Å². The highest BCUT2D eigenvalue weighted by Crippen LogP contribution is 2.23. The number of anilines is 1. The summed E-state index contributed by atoms with van der Waals surface area (Å²) in [6, 6.07) is 6.99. The first-order chi connectivity index (χ1) is 9.06. The molecule has 0 radical (unpaired) electrons. The molecule has 0 atom stereocenters. The number of amides is 1. The van der Waals surface area contributed by atoms with Gasteiger partial charge in [-0.2, -0.15) is 11.3 Å². The van der Waals surface area contributed by atoms with E-state index in [4.69, 9.17) is 29.6 Å². The SMILES string of the molecule is NC(=S)c1ccc(NC(=O)Cc2ccsc2)c(Cl)c1. The van der Waals surface area contributed by atoms with E-state index >= 15 is 0 Å². The van der Waals surface area contributed by atoms with Crippen LogP contribution in [0, 0.1) is 0 Å². The van der Waals surface area contributed by atoms with Gasteiger partial charge in [0.25, 0.3) is 0 Å². The fourth-order valence-electron chi connectivity index (χ4n) is 1.54. The van der Waals surface area contributed by atoms with Crippen molar-refractivity contribution in [1.29, 1.82) is 0 Å². The average molecular weight is 311 g/mol. The minimum Gasteiger partial charge on any atom is -0.389 e. The van der Waals surface area contributed by atoms with Crippen molar-refractivity contribution in [3.05, 3.63) is 51.2 Å². The monoisotopic (exact) mass is 310 g/mol. The zero-order chi connectivity index (χ0) is 13.8. The molecule has 0 fully saturated rings. The van der Waals surface area contributed by atoms with Crippen molar-refractivity contribution in [2.45, 2.75) is 6.42 Å². The highest BCUT2D eigenvalue weighted by molar-refractivity contribution is 7.80. The van der Waals surface area contributed by atoms with E-state index in [1.807, 2.05) is 16.8 Å². The van der Waals surface area contributed by atoms with E-state index in [2.05, 4.69) is 5.32 Å². The van der Waals surface area contributed by atoms with Gasteiger partial charge >= 0.3 is 0 Å². The van der Waals surface area contributed by atoms with Crippen LogP contribution in [-0.4, -0.2) is 10.9 Å². The third-order valence-electron chi connectivity index (χ3n) is 2.47. The van der Waals surface area contributed by atoms with Crippen molar-refractivity contribution in [3.63, 3.8) is 0 Å². The van der Waals surface area contributed by atoms with Gasteiger partial charge in [0.15, 0.2) is 0 Å². The molecule has 0 aliphatic carbocycles. The first-order valence-electron chi connectivity index (χ1n) is 5.46. The number of nitrogens with one attached hydrogen (secondary N) is 1. The van der Waals surface area contributed by atoms with Crippen molar-refractivity contribution in [2.24, 2.45) is 5.73 Å². The van der Waals surface area contributed by atoms with Crippen LogP contribution < -0.4 is 11.1 Å². The first kappa shape index (κ1) is 14.0. The lowest BCUT2D eigenvalue weighted by Crippen LogP contribution is -2.15.